The van der Waals surface area contributed by atoms with Crippen LogP contribution < -0.4 is 10.1 Å². The van der Waals surface area contributed by atoms with E-state index < -0.39 is 0 Å². The highest BCUT2D eigenvalue weighted by molar-refractivity contribution is 5.55. The third-order valence-corrected chi connectivity index (χ3v) is 2.90. The molecule has 1 N–H and O–H groups in total. The van der Waals surface area contributed by atoms with Gasteiger partial charge in [-0.1, -0.05) is 44.6 Å². The molecule has 0 radical (unpaired) electrons. The van der Waals surface area contributed by atoms with Crippen LogP contribution in [0.4, 0.5) is 0 Å². The maximum absolute atomic E-state index is 5.73. The Balaban J connectivity index is 2.87. The SMILES string of the molecule is CCNCC(=Cc1cccc(OC(C)C)c1)C(C)C. The lowest BCUT2D eigenvalue weighted by molar-refractivity contribution is 0.242. The van der Waals surface area contributed by atoms with E-state index in [2.05, 4.69) is 50.4 Å². The van der Waals surface area contributed by atoms with Crippen LogP contribution in [0.15, 0.2) is 29.8 Å². The Kier molecular flexibility index (Phi) is 6.65. The number of likely N-dealkylation sites (N-methyl/N-ethyl adjacent to an activating group) is 1. The maximum atomic E-state index is 5.73. The first-order valence-electron chi connectivity index (χ1n) is 7.20. The van der Waals surface area contributed by atoms with Crippen molar-refractivity contribution in [1.82, 2.24) is 5.32 Å². The van der Waals surface area contributed by atoms with Gasteiger partial charge in [0.25, 0.3) is 0 Å². The van der Waals surface area contributed by atoms with E-state index in [1.807, 2.05) is 19.9 Å². The first kappa shape index (κ1) is 15.8. The molecule has 1 aromatic carbocycles. The molecule has 0 aliphatic carbocycles. The zero-order valence-electron chi connectivity index (χ0n) is 12.9. The fraction of sp³-hybridized carbons (Fsp3) is 0.529. The minimum Gasteiger partial charge on any atom is -0.491 e. The molecule has 0 unspecified atom stereocenters. The van der Waals surface area contributed by atoms with Gasteiger partial charge in [-0.15, -0.1) is 0 Å². The highest BCUT2D eigenvalue weighted by atomic mass is 16.5. The molecule has 0 spiro atoms. The molecule has 0 bridgehead atoms. The summed E-state index contributed by atoms with van der Waals surface area (Å²) in [5.74, 6) is 1.49. The van der Waals surface area contributed by atoms with Gasteiger partial charge in [0.1, 0.15) is 5.75 Å². The topological polar surface area (TPSA) is 21.3 Å². The monoisotopic (exact) mass is 261 g/mol. The van der Waals surface area contributed by atoms with Crippen LogP contribution in [0, 0.1) is 5.92 Å². The van der Waals surface area contributed by atoms with Crippen molar-refractivity contribution in [3.8, 4) is 5.75 Å². The number of hydrogen-bond acceptors (Lipinski definition) is 2. The number of rotatable bonds is 7. The van der Waals surface area contributed by atoms with Gasteiger partial charge < -0.3 is 10.1 Å². The summed E-state index contributed by atoms with van der Waals surface area (Å²) < 4.78 is 5.73. The van der Waals surface area contributed by atoms with Gasteiger partial charge in [0.05, 0.1) is 6.10 Å². The van der Waals surface area contributed by atoms with Gasteiger partial charge in [0, 0.05) is 6.54 Å². The normalized spacial score (nSPS) is 12.3. The van der Waals surface area contributed by atoms with Crippen molar-refractivity contribution in [2.75, 3.05) is 13.1 Å². The van der Waals surface area contributed by atoms with E-state index >= 15 is 0 Å². The molecule has 19 heavy (non-hydrogen) atoms. The molecule has 1 aromatic rings. The molecule has 2 nitrogen and oxygen atoms in total. The Morgan fingerprint density at radius 1 is 1.26 bits per heavy atom. The zero-order valence-corrected chi connectivity index (χ0v) is 12.9. The van der Waals surface area contributed by atoms with Crippen molar-refractivity contribution in [2.24, 2.45) is 5.92 Å². The fourth-order valence-corrected chi connectivity index (χ4v) is 1.86. The first-order chi connectivity index (χ1) is 9.02. The van der Waals surface area contributed by atoms with Crippen molar-refractivity contribution in [1.29, 1.82) is 0 Å². The van der Waals surface area contributed by atoms with Gasteiger partial charge in [-0.2, -0.15) is 0 Å². The minimum atomic E-state index is 0.213. The van der Waals surface area contributed by atoms with Gasteiger partial charge in [0.15, 0.2) is 0 Å². The highest BCUT2D eigenvalue weighted by Gasteiger charge is 2.04. The lowest BCUT2D eigenvalue weighted by atomic mass is 10.00. The number of hydrogen-bond donors (Lipinski definition) is 1. The fourth-order valence-electron chi connectivity index (χ4n) is 1.86. The van der Waals surface area contributed by atoms with E-state index in [1.165, 1.54) is 11.1 Å². The molecular formula is C17H27NO. The van der Waals surface area contributed by atoms with Crippen LogP contribution in [-0.2, 0) is 0 Å². The van der Waals surface area contributed by atoms with Crippen LogP contribution in [-0.4, -0.2) is 19.2 Å². The molecule has 2 heteroatoms. The van der Waals surface area contributed by atoms with Crippen molar-refractivity contribution >= 4 is 6.08 Å². The van der Waals surface area contributed by atoms with Crippen LogP contribution in [0.1, 0.15) is 40.2 Å². The molecule has 0 saturated carbocycles. The standard InChI is InChI=1S/C17H27NO/c1-6-18-12-16(13(2)3)10-15-8-7-9-17(11-15)19-14(4)5/h7-11,13-14,18H,6,12H2,1-5H3. The molecule has 0 amide bonds. The second kappa shape index (κ2) is 8.00. The average Bonchev–Trinajstić information content (AvgIpc) is 2.33. The van der Waals surface area contributed by atoms with E-state index in [1.54, 1.807) is 0 Å². The molecular weight excluding hydrogens is 234 g/mol. The zero-order chi connectivity index (χ0) is 14.3. The summed E-state index contributed by atoms with van der Waals surface area (Å²) in [6.07, 6.45) is 2.48. The molecule has 1 rings (SSSR count). The lowest BCUT2D eigenvalue weighted by Crippen LogP contribution is -2.18. The Hall–Kier alpha value is -1.28. The molecule has 0 aliphatic heterocycles. The lowest BCUT2D eigenvalue weighted by Gasteiger charge is -2.13. The van der Waals surface area contributed by atoms with E-state index in [0.717, 1.165) is 18.8 Å². The molecule has 0 fully saturated rings. The molecule has 106 valence electrons. The Labute approximate surface area is 117 Å². The predicted octanol–water partition coefficient (Wildman–Crippen LogP) is 4.12. The molecule has 0 saturated heterocycles. The average molecular weight is 261 g/mol. The summed E-state index contributed by atoms with van der Waals surface area (Å²) in [6.45, 7) is 12.6. The van der Waals surface area contributed by atoms with Crippen molar-refractivity contribution < 1.29 is 4.74 Å². The number of nitrogens with one attached hydrogen (secondary N) is 1. The minimum absolute atomic E-state index is 0.213. The van der Waals surface area contributed by atoms with Gasteiger partial charge in [0.2, 0.25) is 0 Å². The molecule has 0 aromatic heterocycles. The molecule has 0 atom stereocenters. The van der Waals surface area contributed by atoms with Crippen molar-refractivity contribution in [2.45, 2.75) is 40.7 Å². The number of ether oxygens (including phenoxy) is 1. The van der Waals surface area contributed by atoms with E-state index in [4.69, 9.17) is 4.74 Å². The summed E-state index contributed by atoms with van der Waals surface area (Å²) in [5, 5.41) is 3.40. The van der Waals surface area contributed by atoms with Gasteiger partial charge in [-0.3, -0.25) is 0 Å². The molecule has 0 heterocycles. The summed E-state index contributed by atoms with van der Waals surface area (Å²) in [4.78, 5) is 0. The first-order valence-corrected chi connectivity index (χ1v) is 7.20. The second-order valence-corrected chi connectivity index (χ2v) is 5.39. The van der Waals surface area contributed by atoms with Crippen LogP contribution in [0.25, 0.3) is 6.08 Å². The van der Waals surface area contributed by atoms with Gasteiger partial charge in [-0.25, -0.2) is 0 Å². The quantitative estimate of drug-likeness (QED) is 0.797. The van der Waals surface area contributed by atoms with Crippen LogP contribution in [0.2, 0.25) is 0 Å². The Morgan fingerprint density at radius 3 is 2.58 bits per heavy atom. The summed E-state index contributed by atoms with van der Waals surface area (Å²) >= 11 is 0. The van der Waals surface area contributed by atoms with Gasteiger partial charge >= 0.3 is 0 Å². The van der Waals surface area contributed by atoms with E-state index in [0.29, 0.717) is 5.92 Å². The van der Waals surface area contributed by atoms with Crippen LogP contribution in [0.5, 0.6) is 5.75 Å². The van der Waals surface area contributed by atoms with Crippen LogP contribution >= 0.6 is 0 Å². The van der Waals surface area contributed by atoms with Crippen molar-refractivity contribution in [3.63, 3.8) is 0 Å². The second-order valence-electron chi connectivity index (χ2n) is 5.39. The van der Waals surface area contributed by atoms with Gasteiger partial charge in [-0.05, 0) is 44.0 Å². The maximum Gasteiger partial charge on any atom is 0.120 e. The third kappa shape index (κ3) is 5.93. The Bertz CT molecular complexity index is 407. The highest BCUT2D eigenvalue weighted by Crippen LogP contribution is 2.19. The van der Waals surface area contributed by atoms with E-state index in [9.17, 15) is 0 Å². The smallest absolute Gasteiger partial charge is 0.120 e. The summed E-state index contributed by atoms with van der Waals surface area (Å²) in [6, 6.07) is 8.29. The largest absolute Gasteiger partial charge is 0.491 e. The molecule has 0 aliphatic rings. The predicted molar refractivity (Wildman–Crippen MR) is 83.6 cm³/mol. The summed E-state index contributed by atoms with van der Waals surface area (Å²) in [5.41, 5.74) is 2.63. The third-order valence-electron chi connectivity index (χ3n) is 2.90. The Morgan fingerprint density at radius 2 is 2.00 bits per heavy atom. The van der Waals surface area contributed by atoms with Crippen molar-refractivity contribution in [3.05, 3.63) is 35.4 Å². The number of benzene rings is 1. The van der Waals surface area contributed by atoms with Crippen LogP contribution in [0.3, 0.4) is 0 Å². The van der Waals surface area contributed by atoms with E-state index in [-0.39, 0.29) is 6.10 Å². The summed E-state index contributed by atoms with van der Waals surface area (Å²) in [7, 11) is 0.